The minimum Gasteiger partial charge on any atom is -0.316 e. The highest BCUT2D eigenvalue weighted by molar-refractivity contribution is 4.71. The Bertz CT molecular complexity index is 90.7. The second-order valence-electron chi connectivity index (χ2n) is 3.49. The van der Waals surface area contributed by atoms with Gasteiger partial charge in [0.15, 0.2) is 0 Å². The summed E-state index contributed by atoms with van der Waals surface area (Å²) < 4.78 is 0. The van der Waals surface area contributed by atoms with Gasteiger partial charge in [0, 0.05) is 0 Å². The van der Waals surface area contributed by atoms with Crippen LogP contribution in [0.5, 0.6) is 0 Å². The Hall–Kier alpha value is -0.0400. The Morgan fingerprint density at radius 1 is 1.50 bits per heavy atom. The molecular formula is C9H19N. The van der Waals surface area contributed by atoms with Crippen LogP contribution >= 0.6 is 0 Å². The van der Waals surface area contributed by atoms with Gasteiger partial charge in [-0.3, -0.25) is 0 Å². The zero-order chi connectivity index (χ0) is 7.40. The highest BCUT2D eigenvalue weighted by Crippen LogP contribution is 2.22. The van der Waals surface area contributed by atoms with Crippen LogP contribution in [0.1, 0.15) is 33.1 Å². The van der Waals surface area contributed by atoms with Gasteiger partial charge in [0.25, 0.3) is 0 Å². The smallest absolute Gasteiger partial charge is 0.00205 e. The summed E-state index contributed by atoms with van der Waals surface area (Å²) >= 11 is 0. The van der Waals surface area contributed by atoms with Crippen LogP contribution in [0.4, 0.5) is 0 Å². The van der Waals surface area contributed by atoms with Gasteiger partial charge in [0.05, 0.1) is 0 Å². The van der Waals surface area contributed by atoms with Crippen molar-refractivity contribution < 1.29 is 0 Å². The molecule has 1 N–H and O–H groups in total. The van der Waals surface area contributed by atoms with Crippen molar-refractivity contribution in [1.82, 2.24) is 5.32 Å². The highest BCUT2D eigenvalue weighted by atomic mass is 14.9. The molecule has 1 saturated heterocycles. The van der Waals surface area contributed by atoms with E-state index in [0.717, 1.165) is 11.8 Å². The van der Waals surface area contributed by atoms with Crippen molar-refractivity contribution in [2.45, 2.75) is 33.1 Å². The van der Waals surface area contributed by atoms with E-state index in [-0.39, 0.29) is 0 Å². The molecule has 0 saturated carbocycles. The van der Waals surface area contributed by atoms with Crippen molar-refractivity contribution >= 4 is 0 Å². The lowest BCUT2D eigenvalue weighted by molar-refractivity contribution is 0.342. The standard InChI is InChI=1S/C9H19N/c1-3-9-5-4-6-10-7-8(9)2/h8-10H,3-7H2,1-2H3. The molecule has 1 heterocycles. The minimum atomic E-state index is 0.896. The van der Waals surface area contributed by atoms with Crippen LogP contribution in [0, 0.1) is 11.8 Å². The number of rotatable bonds is 1. The van der Waals surface area contributed by atoms with E-state index in [0.29, 0.717) is 0 Å². The molecule has 0 aromatic carbocycles. The lowest BCUT2D eigenvalue weighted by atomic mass is 9.89. The molecule has 0 spiro atoms. The molecule has 0 aromatic rings. The summed E-state index contributed by atoms with van der Waals surface area (Å²) in [5.74, 6) is 1.88. The highest BCUT2D eigenvalue weighted by Gasteiger charge is 2.16. The molecule has 1 aliphatic heterocycles. The lowest BCUT2D eigenvalue weighted by Crippen LogP contribution is -2.21. The van der Waals surface area contributed by atoms with Crippen molar-refractivity contribution in [1.29, 1.82) is 0 Å². The van der Waals surface area contributed by atoms with E-state index >= 15 is 0 Å². The Labute approximate surface area is 64.2 Å². The SMILES string of the molecule is CCC1CCCNCC1C. The van der Waals surface area contributed by atoms with Crippen LogP contribution in [-0.2, 0) is 0 Å². The number of nitrogens with one attached hydrogen (secondary N) is 1. The summed E-state index contributed by atoms with van der Waals surface area (Å²) in [5, 5.41) is 3.46. The quantitative estimate of drug-likeness (QED) is 0.589. The fourth-order valence-corrected chi connectivity index (χ4v) is 1.88. The van der Waals surface area contributed by atoms with E-state index < -0.39 is 0 Å². The number of hydrogen-bond acceptors (Lipinski definition) is 1. The summed E-state index contributed by atoms with van der Waals surface area (Å²) in [6.45, 7) is 7.15. The molecule has 10 heavy (non-hydrogen) atoms. The van der Waals surface area contributed by atoms with E-state index in [2.05, 4.69) is 19.2 Å². The van der Waals surface area contributed by atoms with Crippen molar-refractivity contribution in [3.8, 4) is 0 Å². The molecule has 0 aliphatic carbocycles. The zero-order valence-corrected chi connectivity index (χ0v) is 7.19. The molecule has 1 fully saturated rings. The molecular weight excluding hydrogens is 122 g/mol. The average Bonchev–Trinajstić information content (AvgIpc) is 2.13. The molecule has 0 bridgehead atoms. The summed E-state index contributed by atoms with van der Waals surface area (Å²) in [6, 6.07) is 0. The van der Waals surface area contributed by atoms with Crippen LogP contribution in [0.2, 0.25) is 0 Å². The third-order valence-corrected chi connectivity index (χ3v) is 2.72. The molecule has 1 aliphatic rings. The Balaban J connectivity index is 2.35. The molecule has 0 amide bonds. The summed E-state index contributed by atoms with van der Waals surface area (Å²) in [7, 11) is 0. The first-order valence-electron chi connectivity index (χ1n) is 4.55. The van der Waals surface area contributed by atoms with Gasteiger partial charge in [-0.2, -0.15) is 0 Å². The second-order valence-corrected chi connectivity index (χ2v) is 3.49. The average molecular weight is 141 g/mol. The third kappa shape index (κ3) is 1.98. The predicted octanol–water partition coefficient (Wildman–Crippen LogP) is 2.03. The molecule has 1 heteroatoms. The fraction of sp³-hybridized carbons (Fsp3) is 1.00. The number of hydrogen-bond donors (Lipinski definition) is 1. The monoisotopic (exact) mass is 141 g/mol. The molecule has 0 radical (unpaired) electrons. The first-order valence-corrected chi connectivity index (χ1v) is 4.55. The molecule has 60 valence electrons. The van der Waals surface area contributed by atoms with Crippen LogP contribution < -0.4 is 5.32 Å². The normalized spacial score (nSPS) is 35.4. The molecule has 2 unspecified atom stereocenters. The van der Waals surface area contributed by atoms with Crippen molar-refractivity contribution in [3.63, 3.8) is 0 Å². The minimum absolute atomic E-state index is 0.896. The van der Waals surface area contributed by atoms with Crippen LogP contribution in [-0.4, -0.2) is 13.1 Å². The van der Waals surface area contributed by atoms with E-state index in [1.165, 1.54) is 32.4 Å². The van der Waals surface area contributed by atoms with E-state index in [4.69, 9.17) is 0 Å². The van der Waals surface area contributed by atoms with E-state index in [9.17, 15) is 0 Å². The van der Waals surface area contributed by atoms with E-state index in [1.54, 1.807) is 0 Å². The fourth-order valence-electron chi connectivity index (χ4n) is 1.88. The van der Waals surface area contributed by atoms with Gasteiger partial charge in [0.1, 0.15) is 0 Å². The van der Waals surface area contributed by atoms with Crippen molar-refractivity contribution in [2.75, 3.05) is 13.1 Å². The van der Waals surface area contributed by atoms with Crippen LogP contribution in [0.3, 0.4) is 0 Å². The lowest BCUT2D eigenvalue weighted by Gasteiger charge is -2.18. The molecule has 1 nitrogen and oxygen atoms in total. The Morgan fingerprint density at radius 2 is 2.30 bits per heavy atom. The Kier molecular flexibility index (Phi) is 3.20. The Morgan fingerprint density at radius 3 is 3.00 bits per heavy atom. The largest absolute Gasteiger partial charge is 0.316 e. The van der Waals surface area contributed by atoms with E-state index in [1.807, 2.05) is 0 Å². The first kappa shape index (κ1) is 8.06. The maximum absolute atomic E-state index is 3.46. The third-order valence-electron chi connectivity index (χ3n) is 2.72. The van der Waals surface area contributed by atoms with Gasteiger partial charge >= 0.3 is 0 Å². The van der Waals surface area contributed by atoms with Crippen LogP contribution in [0.15, 0.2) is 0 Å². The van der Waals surface area contributed by atoms with Gasteiger partial charge < -0.3 is 5.32 Å². The molecule has 1 rings (SSSR count). The van der Waals surface area contributed by atoms with Gasteiger partial charge in [-0.05, 0) is 37.8 Å². The summed E-state index contributed by atoms with van der Waals surface area (Å²) in [4.78, 5) is 0. The van der Waals surface area contributed by atoms with Gasteiger partial charge in [-0.1, -0.05) is 20.3 Å². The predicted molar refractivity (Wildman–Crippen MR) is 45.0 cm³/mol. The second kappa shape index (κ2) is 3.97. The summed E-state index contributed by atoms with van der Waals surface area (Å²) in [5.41, 5.74) is 0. The van der Waals surface area contributed by atoms with Crippen molar-refractivity contribution in [2.24, 2.45) is 11.8 Å². The van der Waals surface area contributed by atoms with Crippen molar-refractivity contribution in [3.05, 3.63) is 0 Å². The maximum atomic E-state index is 3.46. The molecule has 0 aromatic heterocycles. The topological polar surface area (TPSA) is 12.0 Å². The zero-order valence-electron chi connectivity index (χ0n) is 7.19. The summed E-state index contributed by atoms with van der Waals surface area (Å²) in [6.07, 6.45) is 4.18. The first-order chi connectivity index (χ1) is 4.84. The van der Waals surface area contributed by atoms with Gasteiger partial charge in [-0.25, -0.2) is 0 Å². The maximum Gasteiger partial charge on any atom is -0.00205 e. The van der Waals surface area contributed by atoms with Crippen LogP contribution in [0.25, 0.3) is 0 Å². The molecule has 2 atom stereocenters. The van der Waals surface area contributed by atoms with Gasteiger partial charge in [0.2, 0.25) is 0 Å². The van der Waals surface area contributed by atoms with Gasteiger partial charge in [-0.15, -0.1) is 0 Å².